The van der Waals surface area contributed by atoms with Crippen molar-refractivity contribution in [3.8, 4) is 0 Å². The summed E-state index contributed by atoms with van der Waals surface area (Å²) >= 11 is 0. The third kappa shape index (κ3) is 2.77. The lowest BCUT2D eigenvalue weighted by molar-refractivity contribution is 0.540. The van der Waals surface area contributed by atoms with Crippen molar-refractivity contribution >= 4 is 10.9 Å². The van der Waals surface area contributed by atoms with Gasteiger partial charge in [-0.05, 0) is 37.1 Å². The normalized spacial score (nSPS) is 12.5. The highest BCUT2D eigenvalue weighted by Gasteiger charge is 2.12. The van der Waals surface area contributed by atoms with E-state index in [-0.39, 0.29) is 0 Å². The Morgan fingerprint density at radius 1 is 1.33 bits per heavy atom. The summed E-state index contributed by atoms with van der Waals surface area (Å²) in [5, 5.41) is 4.81. The average Bonchev–Trinajstić information content (AvgIpc) is 2.43. The van der Waals surface area contributed by atoms with E-state index < -0.39 is 0 Å². The highest BCUT2D eigenvalue weighted by Crippen LogP contribution is 2.25. The van der Waals surface area contributed by atoms with E-state index in [0.717, 1.165) is 24.9 Å². The molecule has 2 rings (SSSR count). The largest absolute Gasteiger partial charge is 0.310 e. The lowest BCUT2D eigenvalue weighted by Crippen LogP contribution is -2.21. The van der Waals surface area contributed by atoms with Crippen LogP contribution in [-0.4, -0.2) is 11.5 Å². The minimum atomic E-state index is 0.329. The molecule has 94 valence electrons. The van der Waals surface area contributed by atoms with Crippen molar-refractivity contribution in [3.05, 3.63) is 54.7 Å². The van der Waals surface area contributed by atoms with E-state index in [9.17, 15) is 0 Å². The molecule has 1 heterocycles. The maximum atomic E-state index is 4.41. The summed E-state index contributed by atoms with van der Waals surface area (Å²) in [6.07, 6.45) is 5.94. The van der Waals surface area contributed by atoms with Crippen molar-refractivity contribution in [1.82, 2.24) is 10.3 Å². The lowest BCUT2D eigenvalue weighted by atomic mass is 9.99. The van der Waals surface area contributed by atoms with Crippen LogP contribution in [0.5, 0.6) is 0 Å². The highest BCUT2D eigenvalue weighted by atomic mass is 14.9. The maximum Gasteiger partial charge on any atom is 0.0705 e. The number of rotatable bonds is 6. The summed E-state index contributed by atoms with van der Waals surface area (Å²) < 4.78 is 0. The number of nitrogens with zero attached hydrogens (tertiary/aromatic N) is 1. The monoisotopic (exact) mass is 240 g/mol. The molecule has 0 bridgehead atoms. The molecular weight excluding hydrogens is 220 g/mol. The van der Waals surface area contributed by atoms with Gasteiger partial charge in [0.25, 0.3) is 0 Å². The molecule has 2 heteroatoms. The summed E-state index contributed by atoms with van der Waals surface area (Å²) in [6.45, 7) is 7.06. The molecule has 0 aliphatic carbocycles. The van der Waals surface area contributed by atoms with E-state index >= 15 is 0 Å². The fraction of sp³-hybridized carbons (Fsp3) is 0.312. The summed E-state index contributed by atoms with van der Waals surface area (Å²) in [4.78, 5) is 4.41. The van der Waals surface area contributed by atoms with Crippen LogP contribution in [0, 0.1) is 0 Å². The Balaban J connectivity index is 2.39. The fourth-order valence-corrected chi connectivity index (χ4v) is 2.23. The van der Waals surface area contributed by atoms with Crippen LogP contribution >= 0.6 is 0 Å². The van der Waals surface area contributed by atoms with Crippen LogP contribution in [0.2, 0.25) is 0 Å². The van der Waals surface area contributed by atoms with Crippen LogP contribution in [0.1, 0.15) is 31.4 Å². The average molecular weight is 240 g/mol. The van der Waals surface area contributed by atoms with Gasteiger partial charge in [-0.15, -0.1) is 6.58 Å². The number of para-hydroxylation sites is 1. The van der Waals surface area contributed by atoms with Gasteiger partial charge in [0.15, 0.2) is 0 Å². The van der Waals surface area contributed by atoms with Crippen molar-refractivity contribution in [2.24, 2.45) is 0 Å². The molecule has 0 saturated heterocycles. The molecule has 0 amide bonds. The number of aromatic nitrogens is 1. The zero-order valence-corrected chi connectivity index (χ0v) is 10.9. The standard InChI is InChI=1S/C16H20N2/c1-3-7-15(17-11-4-2)14-10-12-18-16-9-6-5-8-13(14)16/h3,5-6,8-10,12,15,17H,1,4,7,11H2,2H3. The molecular formula is C16H20N2. The van der Waals surface area contributed by atoms with E-state index in [1.54, 1.807) is 0 Å². The minimum Gasteiger partial charge on any atom is -0.310 e. The van der Waals surface area contributed by atoms with Crippen LogP contribution in [0.3, 0.4) is 0 Å². The van der Waals surface area contributed by atoms with Crippen LogP contribution in [0.4, 0.5) is 0 Å². The third-order valence-corrected chi connectivity index (χ3v) is 3.10. The first-order chi connectivity index (χ1) is 8.86. The van der Waals surface area contributed by atoms with E-state index in [1.165, 1.54) is 10.9 Å². The van der Waals surface area contributed by atoms with Crippen LogP contribution in [0.15, 0.2) is 49.2 Å². The summed E-state index contributed by atoms with van der Waals surface area (Å²) in [5.41, 5.74) is 2.37. The quantitative estimate of drug-likeness (QED) is 0.776. The molecule has 2 nitrogen and oxygen atoms in total. The van der Waals surface area contributed by atoms with Crippen molar-refractivity contribution in [3.63, 3.8) is 0 Å². The number of pyridine rings is 1. The lowest BCUT2D eigenvalue weighted by Gasteiger charge is -2.19. The second kappa shape index (κ2) is 6.31. The molecule has 1 unspecified atom stereocenters. The number of fused-ring (bicyclic) bond motifs is 1. The van der Waals surface area contributed by atoms with E-state index in [4.69, 9.17) is 0 Å². The van der Waals surface area contributed by atoms with Gasteiger partial charge in [-0.2, -0.15) is 0 Å². The molecule has 0 saturated carbocycles. The second-order valence-corrected chi connectivity index (χ2v) is 4.45. The summed E-state index contributed by atoms with van der Waals surface area (Å²) in [7, 11) is 0. The van der Waals surface area contributed by atoms with Crippen LogP contribution < -0.4 is 5.32 Å². The van der Waals surface area contributed by atoms with Gasteiger partial charge < -0.3 is 5.32 Å². The van der Waals surface area contributed by atoms with Gasteiger partial charge in [0.1, 0.15) is 0 Å². The predicted molar refractivity (Wildman–Crippen MR) is 77.6 cm³/mol. The van der Waals surface area contributed by atoms with Crippen LogP contribution in [-0.2, 0) is 0 Å². The van der Waals surface area contributed by atoms with E-state index in [2.05, 4.69) is 48.1 Å². The maximum absolute atomic E-state index is 4.41. The SMILES string of the molecule is C=CCC(NCCC)c1ccnc2ccccc12. The van der Waals surface area contributed by atoms with Crippen molar-refractivity contribution in [1.29, 1.82) is 0 Å². The molecule has 1 aromatic heterocycles. The molecule has 1 N–H and O–H groups in total. The zero-order chi connectivity index (χ0) is 12.8. The molecule has 1 atom stereocenters. The zero-order valence-electron chi connectivity index (χ0n) is 10.9. The number of hydrogen-bond acceptors (Lipinski definition) is 2. The molecule has 1 aromatic carbocycles. The van der Waals surface area contributed by atoms with Crippen LogP contribution in [0.25, 0.3) is 10.9 Å². The Bertz CT molecular complexity index is 514. The molecule has 18 heavy (non-hydrogen) atoms. The first kappa shape index (κ1) is 12.8. The third-order valence-electron chi connectivity index (χ3n) is 3.10. The first-order valence-corrected chi connectivity index (χ1v) is 6.54. The number of nitrogens with one attached hydrogen (secondary N) is 1. The highest BCUT2D eigenvalue weighted by molar-refractivity contribution is 5.82. The molecule has 2 aromatic rings. The first-order valence-electron chi connectivity index (χ1n) is 6.54. The number of benzene rings is 1. The Morgan fingerprint density at radius 2 is 2.17 bits per heavy atom. The Morgan fingerprint density at radius 3 is 2.94 bits per heavy atom. The molecule has 0 aliphatic rings. The number of hydrogen-bond donors (Lipinski definition) is 1. The van der Waals surface area contributed by atoms with Gasteiger partial charge in [-0.1, -0.05) is 31.2 Å². The van der Waals surface area contributed by atoms with Gasteiger partial charge in [0.05, 0.1) is 5.52 Å². The predicted octanol–water partition coefficient (Wildman–Crippen LogP) is 3.85. The van der Waals surface area contributed by atoms with Gasteiger partial charge in [-0.25, -0.2) is 0 Å². The van der Waals surface area contributed by atoms with Crippen molar-refractivity contribution < 1.29 is 0 Å². The van der Waals surface area contributed by atoms with Gasteiger partial charge >= 0.3 is 0 Å². The summed E-state index contributed by atoms with van der Waals surface area (Å²) in [5.74, 6) is 0. The molecule has 0 radical (unpaired) electrons. The van der Waals surface area contributed by atoms with Crippen molar-refractivity contribution in [2.45, 2.75) is 25.8 Å². The van der Waals surface area contributed by atoms with Gasteiger partial charge in [0.2, 0.25) is 0 Å². The molecule has 0 aliphatic heterocycles. The Kier molecular flexibility index (Phi) is 4.48. The van der Waals surface area contributed by atoms with E-state index in [0.29, 0.717) is 6.04 Å². The van der Waals surface area contributed by atoms with Crippen molar-refractivity contribution in [2.75, 3.05) is 6.54 Å². The van der Waals surface area contributed by atoms with Gasteiger partial charge in [-0.3, -0.25) is 4.98 Å². The summed E-state index contributed by atoms with van der Waals surface area (Å²) in [6, 6.07) is 10.7. The fourth-order valence-electron chi connectivity index (χ4n) is 2.23. The minimum absolute atomic E-state index is 0.329. The second-order valence-electron chi connectivity index (χ2n) is 4.45. The molecule has 0 fully saturated rings. The molecule has 0 spiro atoms. The smallest absolute Gasteiger partial charge is 0.0705 e. The Labute approximate surface area is 109 Å². The Hall–Kier alpha value is -1.67. The van der Waals surface area contributed by atoms with E-state index in [1.807, 2.05) is 18.3 Å². The topological polar surface area (TPSA) is 24.9 Å². The van der Waals surface area contributed by atoms with Gasteiger partial charge in [0, 0.05) is 17.6 Å².